The van der Waals surface area contributed by atoms with Crippen molar-refractivity contribution in [3.05, 3.63) is 24.2 Å². The van der Waals surface area contributed by atoms with Gasteiger partial charge in [0.05, 0.1) is 12.3 Å². The van der Waals surface area contributed by atoms with Crippen LogP contribution in [-0.2, 0) is 9.53 Å². The highest BCUT2D eigenvalue weighted by molar-refractivity contribution is 5.99. The molecular formula is C16H22N2O5. The summed E-state index contributed by atoms with van der Waals surface area (Å²) in [5, 5.41) is 5.28. The molecule has 1 aromatic rings. The second-order valence-corrected chi connectivity index (χ2v) is 6.55. The summed E-state index contributed by atoms with van der Waals surface area (Å²) in [6.45, 7) is 5.79. The Morgan fingerprint density at radius 2 is 2.22 bits per heavy atom. The van der Waals surface area contributed by atoms with Gasteiger partial charge in [0.1, 0.15) is 5.60 Å². The summed E-state index contributed by atoms with van der Waals surface area (Å²) in [6.07, 6.45) is 1.54. The van der Waals surface area contributed by atoms with Gasteiger partial charge in [-0.25, -0.2) is 4.79 Å². The van der Waals surface area contributed by atoms with Crippen LogP contribution in [0.2, 0.25) is 0 Å². The van der Waals surface area contributed by atoms with E-state index in [2.05, 4.69) is 10.6 Å². The molecule has 0 spiro atoms. The lowest BCUT2D eigenvalue weighted by Crippen LogP contribution is -2.45. The smallest absolute Gasteiger partial charge is 0.408 e. The van der Waals surface area contributed by atoms with Gasteiger partial charge in [0, 0.05) is 12.5 Å². The number of ketones is 1. The number of rotatable bonds is 5. The number of amides is 2. The molecule has 1 aromatic heterocycles. The van der Waals surface area contributed by atoms with Gasteiger partial charge in [0.25, 0.3) is 0 Å². The van der Waals surface area contributed by atoms with Gasteiger partial charge in [0.15, 0.2) is 5.76 Å². The number of carbonyl (C=O) groups is 3. The molecule has 2 N–H and O–H groups in total. The zero-order chi connectivity index (χ0) is 17.0. The van der Waals surface area contributed by atoms with Crippen LogP contribution < -0.4 is 10.6 Å². The second-order valence-electron chi connectivity index (χ2n) is 6.55. The number of hydrogen-bond donors (Lipinski definition) is 2. The topological polar surface area (TPSA) is 97.6 Å². The zero-order valence-electron chi connectivity index (χ0n) is 13.5. The van der Waals surface area contributed by atoms with Gasteiger partial charge in [-0.05, 0) is 45.7 Å². The zero-order valence-corrected chi connectivity index (χ0v) is 13.5. The Morgan fingerprint density at radius 3 is 2.74 bits per heavy atom. The second kappa shape index (κ2) is 6.85. The lowest BCUT2D eigenvalue weighted by molar-refractivity contribution is -0.122. The first-order valence-corrected chi connectivity index (χ1v) is 7.61. The predicted octanol–water partition coefficient (Wildman–Crippen LogP) is 1.88. The van der Waals surface area contributed by atoms with E-state index < -0.39 is 17.7 Å². The molecule has 7 nitrogen and oxygen atoms in total. The van der Waals surface area contributed by atoms with E-state index in [-0.39, 0.29) is 29.8 Å². The number of furan rings is 1. The van der Waals surface area contributed by atoms with Gasteiger partial charge in [-0.1, -0.05) is 0 Å². The van der Waals surface area contributed by atoms with Crippen molar-refractivity contribution in [1.29, 1.82) is 0 Å². The molecule has 126 valence electrons. The van der Waals surface area contributed by atoms with E-state index in [9.17, 15) is 14.4 Å². The van der Waals surface area contributed by atoms with Crippen molar-refractivity contribution in [3.8, 4) is 0 Å². The van der Waals surface area contributed by atoms with Crippen molar-refractivity contribution in [2.24, 2.45) is 5.92 Å². The summed E-state index contributed by atoms with van der Waals surface area (Å²) in [4.78, 5) is 36.2. The van der Waals surface area contributed by atoms with E-state index >= 15 is 0 Å². The number of carbonyl (C=O) groups excluding carboxylic acids is 3. The standard InChI is InChI=1S/C16H22N2O5/c1-16(2,3)23-15(21)18-11(9-10-6-7-17-14(10)20)13(19)12-5-4-8-22-12/h4-5,8,10-11H,6-7,9H2,1-3H3,(H,17,20)(H,18,21)/t10-,11?/m0/s1. The largest absolute Gasteiger partial charge is 0.461 e. The molecule has 7 heteroatoms. The summed E-state index contributed by atoms with van der Waals surface area (Å²) < 4.78 is 10.3. The summed E-state index contributed by atoms with van der Waals surface area (Å²) >= 11 is 0. The highest BCUT2D eigenvalue weighted by Gasteiger charge is 2.33. The minimum atomic E-state index is -0.871. The highest BCUT2D eigenvalue weighted by atomic mass is 16.6. The number of hydrogen-bond acceptors (Lipinski definition) is 5. The molecule has 2 amide bonds. The molecular weight excluding hydrogens is 300 g/mol. The van der Waals surface area contributed by atoms with E-state index in [0.29, 0.717) is 13.0 Å². The Bertz CT molecular complexity index is 574. The minimum absolute atomic E-state index is 0.103. The fourth-order valence-corrected chi connectivity index (χ4v) is 2.43. The average molecular weight is 322 g/mol. The third-order valence-electron chi connectivity index (χ3n) is 3.45. The van der Waals surface area contributed by atoms with Gasteiger partial charge in [-0.2, -0.15) is 0 Å². The third-order valence-corrected chi connectivity index (χ3v) is 3.45. The van der Waals surface area contributed by atoms with Crippen molar-refractivity contribution in [2.75, 3.05) is 6.54 Å². The fourth-order valence-electron chi connectivity index (χ4n) is 2.43. The molecule has 1 fully saturated rings. The number of ether oxygens (including phenoxy) is 1. The molecule has 2 heterocycles. The van der Waals surface area contributed by atoms with E-state index in [0.717, 1.165) is 0 Å². The molecule has 0 aromatic carbocycles. The van der Waals surface area contributed by atoms with Crippen LogP contribution in [-0.4, -0.2) is 36.0 Å². The molecule has 0 bridgehead atoms. The Balaban J connectivity index is 2.09. The van der Waals surface area contributed by atoms with E-state index in [1.54, 1.807) is 26.8 Å². The van der Waals surface area contributed by atoms with Crippen molar-refractivity contribution in [3.63, 3.8) is 0 Å². The maximum absolute atomic E-state index is 12.5. The van der Waals surface area contributed by atoms with Gasteiger partial charge in [0.2, 0.25) is 11.7 Å². The molecule has 1 aliphatic heterocycles. The summed E-state index contributed by atoms with van der Waals surface area (Å²) in [7, 11) is 0. The van der Waals surface area contributed by atoms with Crippen molar-refractivity contribution < 1.29 is 23.5 Å². The SMILES string of the molecule is CC(C)(C)OC(=O)NC(C[C@@H]1CCNC1=O)C(=O)c1ccco1. The van der Waals surface area contributed by atoms with Crippen LogP contribution in [0.25, 0.3) is 0 Å². The monoisotopic (exact) mass is 322 g/mol. The molecule has 23 heavy (non-hydrogen) atoms. The van der Waals surface area contributed by atoms with Crippen molar-refractivity contribution in [1.82, 2.24) is 10.6 Å². The highest BCUT2D eigenvalue weighted by Crippen LogP contribution is 2.19. The third kappa shape index (κ3) is 4.84. The first-order valence-electron chi connectivity index (χ1n) is 7.61. The Labute approximate surface area is 134 Å². The fraction of sp³-hybridized carbons (Fsp3) is 0.562. The van der Waals surface area contributed by atoms with Gasteiger partial charge < -0.3 is 19.8 Å². The Kier molecular flexibility index (Phi) is 5.08. The normalized spacial score (nSPS) is 19.1. The van der Waals surface area contributed by atoms with Crippen LogP contribution in [0, 0.1) is 5.92 Å². The lowest BCUT2D eigenvalue weighted by atomic mass is 9.95. The maximum Gasteiger partial charge on any atom is 0.408 e. The molecule has 1 aliphatic rings. The van der Waals surface area contributed by atoms with E-state index in [1.807, 2.05) is 0 Å². The van der Waals surface area contributed by atoms with Crippen LogP contribution in [0.1, 0.15) is 44.2 Å². The molecule has 2 rings (SSSR count). The molecule has 1 unspecified atom stereocenters. The van der Waals surface area contributed by atoms with Crippen LogP contribution >= 0.6 is 0 Å². The van der Waals surface area contributed by atoms with Crippen molar-refractivity contribution in [2.45, 2.75) is 45.3 Å². The number of nitrogens with one attached hydrogen (secondary N) is 2. The quantitative estimate of drug-likeness (QED) is 0.807. The molecule has 0 saturated carbocycles. The van der Waals surface area contributed by atoms with E-state index in [1.165, 1.54) is 12.3 Å². The maximum atomic E-state index is 12.5. The van der Waals surface area contributed by atoms with Crippen LogP contribution in [0.4, 0.5) is 4.79 Å². The molecule has 2 atom stereocenters. The summed E-state index contributed by atoms with van der Waals surface area (Å²) in [5.41, 5.74) is -0.674. The number of alkyl carbamates (subject to hydrolysis) is 1. The van der Waals surface area contributed by atoms with Crippen LogP contribution in [0.5, 0.6) is 0 Å². The summed E-state index contributed by atoms with van der Waals surface area (Å²) in [5.74, 6) is -0.646. The Morgan fingerprint density at radius 1 is 1.48 bits per heavy atom. The van der Waals surface area contributed by atoms with Crippen molar-refractivity contribution >= 4 is 17.8 Å². The molecule has 0 radical (unpaired) electrons. The Hall–Kier alpha value is -2.31. The van der Waals surface area contributed by atoms with E-state index in [4.69, 9.17) is 9.15 Å². The van der Waals surface area contributed by atoms with Crippen LogP contribution in [0.3, 0.4) is 0 Å². The van der Waals surface area contributed by atoms with Gasteiger partial charge in [-0.3, -0.25) is 9.59 Å². The predicted molar refractivity (Wildman–Crippen MR) is 81.9 cm³/mol. The van der Waals surface area contributed by atoms with Gasteiger partial charge in [-0.15, -0.1) is 0 Å². The summed E-state index contributed by atoms with van der Waals surface area (Å²) in [6, 6.07) is 2.26. The average Bonchev–Trinajstić information content (AvgIpc) is 3.07. The van der Waals surface area contributed by atoms with Gasteiger partial charge >= 0.3 is 6.09 Å². The van der Waals surface area contributed by atoms with Crippen LogP contribution in [0.15, 0.2) is 22.8 Å². The first-order chi connectivity index (χ1) is 10.8. The molecule has 0 aliphatic carbocycles. The number of Topliss-reactive ketones (excluding diaryl/α,β-unsaturated/α-hetero) is 1. The first kappa shape index (κ1) is 17.1. The lowest BCUT2D eigenvalue weighted by Gasteiger charge is -2.23. The minimum Gasteiger partial charge on any atom is -0.461 e. The molecule has 1 saturated heterocycles.